The van der Waals surface area contributed by atoms with Crippen LogP contribution in [0.5, 0.6) is 0 Å². The third-order valence-corrected chi connectivity index (χ3v) is 6.80. The van der Waals surface area contributed by atoms with Gasteiger partial charge in [-0.25, -0.2) is 4.79 Å². The van der Waals surface area contributed by atoms with Crippen molar-refractivity contribution in [3.8, 4) is 0 Å². The van der Waals surface area contributed by atoms with Gasteiger partial charge in [0.2, 0.25) is 5.91 Å². The normalized spacial score (nSPS) is 12.9. The van der Waals surface area contributed by atoms with Gasteiger partial charge >= 0.3 is 5.69 Å². The fourth-order valence-electron chi connectivity index (χ4n) is 4.01. The molecular formula is C23H33N4O2S+. The van der Waals surface area contributed by atoms with Gasteiger partial charge < -0.3 is 10.2 Å². The highest BCUT2D eigenvalue weighted by molar-refractivity contribution is 7.99. The lowest BCUT2D eigenvalue weighted by Crippen LogP contribution is -3.11. The Morgan fingerprint density at radius 3 is 2.70 bits per heavy atom. The van der Waals surface area contributed by atoms with Gasteiger partial charge in [-0.15, -0.1) is 0 Å². The number of aromatic nitrogens is 2. The first-order chi connectivity index (χ1) is 14.6. The predicted octanol–water partition coefficient (Wildman–Crippen LogP) is 1.46. The van der Waals surface area contributed by atoms with E-state index in [1.165, 1.54) is 17.3 Å². The highest BCUT2D eigenvalue weighted by Crippen LogP contribution is 2.29. The maximum atomic E-state index is 12.7. The number of carbonyl (C=O) groups is 1. The molecule has 1 amide bonds. The minimum absolute atomic E-state index is 0.0382. The Balaban J connectivity index is 1.59. The van der Waals surface area contributed by atoms with Crippen LogP contribution in [0, 0.1) is 0 Å². The fourth-order valence-corrected chi connectivity index (χ4v) is 4.91. The SMILES string of the molecule is CC[NH+](CC)CCCn1c2c(c(SCC(=O)NCc3ccccc3)nc1=O)CCC2. The van der Waals surface area contributed by atoms with Crippen molar-refractivity contribution in [1.29, 1.82) is 0 Å². The van der Waals surface area contributed by atoms with Crippen LogP contribution in [0.2, 0.25) is 0 Å². The van der Waals surface area contributed by atoms with Crippen LogP contribution < -0.4 is 15.9 Å². The van der Waals surface area contributed by atoms with E-state index in [1.54, 1.807) is 4.90 Å². The summed E-state index contributed by atoms with van der Waals surface area (Å²) in [6.07, 6.45) is 3.91. The van der Waals surface area contributed by atoms with Gasteiger partial charge in [0.15, 0.2) is 0 Å². The lowest BCUT2D eigenvalue weighted by Gasteiger charge is -2.17. The number of quaternary nitrogens is 1. The Hall–Kier alpha value is -2.12. The second kappa shape index (κ2) is 11.3. The number of hydrogen-bond donors (Lipinski definition) is 2. The maximum absolute atomic E-state index is 12.7. The van der Waals surface area contributed by atoms with Gasteiger partial charge in [-0.3, -0.25) is 9.36 Å². The van der Waals surface area contributed by atoms with Gasteiger partial charge in [0.1, 0.15) is 5.03 Å². The number of nitrogens with one attached hydrogen (secondary N) is 2. The van der Waals surface area contributed by atoms with Crippen molar-refractivity contribution in [1.82, 2.24) is 14.9 Å². The molecule has 0 saturated carbocycles. The first-order valence-electron chi connectivity index (χ1n) is 11.0. The predicted molar refractivity (Wildman–Crippen MR) is 121 cm³/mol. The van der Waals surface area contributed by atoms with Gasteiger partial charge in [0, 0.05) is 30.8 Å². The molecule has 2 aromatic rings. The van der Waals surface area contributed by atoms with Crippen LogP contribution >= 0.6 is 11.8 Å². The Morgan fingerprint density at radius 2 is 1.97 bits per heavy atom. The molecule has 1 aromatic carbocycles. The molecule has 0 aliphatic heterocycles. The molecule has 3 rings (SSSR count). The van der Waals surface area contributed by atoms with Crippen LogP contribution in [0.1, 0.15) is 43.5 Å². The zero-order chi connectivity index (χ0) is 21.3. The standard InChI is InChI=1S/C23H32N4O2S/c1-3-26(4-2)14-9-15-27-20-13-8-12-19(20)22(25-23(27)29)30-17-21(28)24-16-18-10-6-5-7-11-18/h5-7,10-11H,3-4,8-9,12-17H2,1-2H3,(H,24,28)/p+1. The summed E-state index contributed by atoms with van der Waals surface area (Å²) in [5.41, 5.74) is 3.21. The first kappa shape index (κ1) is 22.6. The summed E-state index contributed by atoms with van der Waals surface area (Å²) in [6, 6.07) is 9.86. The van der Waals surface area contributed by atoms with E-state index in [2.05, 4.69) is 24.1 Å². The van der Waals surface area contributed by atoms with Gasteiger partial charge in [0.25, 0.3) is 0 Å². The third-order valence-electron chi connectivity index (χ3n) is 5.79. The molecule has 0 spiro atoms. The van der Waals surface area contributed by atoms with Crippen LogP contribution in [0.15, 0.2) is 40.2 Å². The summed E-state index contributed by atoms with van der Waals surface area (Å²) < 4.78 is 1.88. The number of thioether (sulfide) groups is 1. The molecule has 0 fully saturated rings. The molecule has 7 heteroatoms. The summed E-state index contributed by atoms with van der Waals surface area (Å²) in [6.45, 7) is 8.96. The molecule has 0 bridgehead atoms. The number of fused-ring (bicyclic) bond motifs is 1. The Kier molecular flexibility index (Phi) is 8.51. The molecule has 0 unspecified atom stereocenters. The quantitative estimate of drug-likeness (QED) is 0.419. The lowest BCUT2D eigenvalue weighted by atomic mass is 10.2. The summed E-state index contributed by atoms with van der Waals surface area (Å²) in [4.78, 5) is 30.9. The van der Waals surface area contributed by atoms with E-state index in [0.29, 0.717) is 6.54 Å². The summed E-state index contributed by atoms with van der Waals surface area (Å²) >= 11 is 1.39. The second-order valence-corrected chi connectivity index (χ2v) is 8.71. The van der Waals surface area contributed by atoms with Crippen molar-refractivity contribution in [2.75, 3.05) is 25.4 Å². The van der Waals surface area contributed by atoms with Crippen LogP contribution in [0.25, 0.3) is 0 Å². The van der Waals surface area contributed by atoms with Crippen molar-refractivity contribution in [3.63, 3.8) is 0 Å². The van der Waals surface area contributed by atoms with Crippen molar-refractivity contribution in [3.05, 3.63) is 57.6 Å². The molecule has 1 aromatic heterocycles. The molecule has 2 N–H and O–H groups in total. The zero-order valence-electron chi connectivity index (χ0n) is 18.1. The summed E-state index contributed by atoms with van der Waals surface area (Å²) in [5.74, 6) is 0.241. The van der Waals surface area contributed by atoms with Gasteiger partial charge in [-0.2, -0.15) is 4.98 Å². The Labute approximate surface area is 183 Å². The van der Waals surface area contributed by atoms with Crippen LogP contribution in [-0.2, 0) is 30.7 Å². The molecule has 0 saturated heterocycles. The van der Waals surface area contributed by atoms with Crippen molar-refractivity contribution < 1.29 is 9.69 Å². The van der Waals surface area contributed by atoms with E-state index in [1.807, 2.05) is 34.9 Å². The smallest absolute Gasteiger partial charge is 0.348 e. The summed E-state index contributed by atoms with van der Waals surface area (Å²) in [7, 11) is 0. The highest BCUT2D eigenvalue weighted by Gasteiger charge is 2.22. The third kappa shape index (κ3) is 5.95. The average molecular weight is 430 g/mol. The van der Waals surface area contributed by atoms with E-state index >= 15 is 0 Å². The summed E-state index contributed by atoms with van der Waals surface area (Å²) in [5, 5.41) is 3.68. The molecule has 1 aliphatic carbocycles. The first-order valence-corrected chi connectivity index (χ1v) is 12.0. The van der Waals surface area contributed by atoms with E-state index in [0.717, 1.165) is 68.1 Å². The largest absolute Gasteiger partial charge is 0.351 e. The number of rotatable bonds is 11. The van der Waals surface area contributed by atoms with Gasteiger partial charge in [0.05, 0.1) is 25.4 Å². The minimum Gasteiger partial charge on any atom is -0.351 e. The number of carbonyl (C=O) groups excluding carboxylic acids is 1. The lowest BCUT2D eigenvalue weighted by molar-refractivity contribution is -0.896. The maximum Gasteiger partial charge on any atom is 0.348 e. The molecule has 0 atom stereocenters. The number of amides is 1. The molecule has 30 heavy (non-hydrogen) atoms. The van der Waals surface area contributed by atoms with Crippen molar-refractivity contribution in [2.45, 2.75) is 57.6 Å². The van der Waals surface area contributed by atoms with Gasteiger partial charge in [-0.05, 0) is 38.7 Å². The Bertz CT molecular complexity index is 894. The molecule has 0 radical (unpaired) electrons. The topological polar surface area (TPSA) is 68.4 Å². The molecule has 1 heterocycles. The van der Waals surface area contributed by atoms with E-state index in [-0.39, 0.29) is 17.3 Å². The minimum atomic E-state index is -0.169. The van der Waals surface area contributed by atoms with E-state index in [4.69, 9.17) is 0 Å². The monoisotopic (exact) mass is 429 g/mol. The van der Waals surface area contributed by atoms with Crippen molar-refractivity contribution in [2.24, 2.45) is 0 Å². The Morgan fingerprint density at radius 1 is 1.20 bits per heavy atom. The van der Waals surface area contributed by atoms with Crippen LogP contribution in [-0.4, -0.2) is 40.8 Å². The molecular weight excluding hydrogens is 396 g/mol. The fraction of sp³-hybridized carbons (Fsp3) is 0.522. The zero-order valence-corrected chi connectivity index (χ0v) is 18.9. The van der Waals surface area contributed by atoms with Crippen LogP contribution in [0.4, 0.5) is 0 Å². The van der Waals surface area contributed by atoms with E-state index in [9.17, 15) is 9.59 Å². The number of hydrogen-bond acceptors (Lipinski definition) is 4. The number of benzene rings is 1. The van der Waals surface area contributed by atoms with Crippen LogP contribution in [0.3, 0.4) is 0 Å². The highest BCUT2D eigenvalue weighted by atomic mass is 32.2. The van der Waals surface area contributed by atoms with E-state index < -0.39 is 0 Å². The molecule has 6 nitrogen and oxygen atoms in total. The van der Waals surface area contributed by atoms with Gasteiger partial charge in [-0.1, -0.05) is 42.1 Å². The van der Waals surface area contributed by atoms with Crippen molar-refractivity contribution >= 4 is 17.7 Å². The molecule has 162 valence electrons. The number of nitrogens with zero attached hydrogens (tertiary/aromatic N) is 2. The second-order valence-electron chi connectivity index (χ2n) is 7.74. The molecule has 1 aliphatic rings. The average Bonchev–Trinajstić information content (AvgIpc) is 3.26.